The molecule has 1 aromatic rings. The van der Waals surface area contributed by atoms with Crippen molar-refractivity contribution in [1.29, 1.82) is 0 Å². The predicted molar refractivity (Wildman–Crippen MR) is 110 cm³/mol. The average Bonchev–Trinajstić information content (AvgIpc) is 2.72. The minimum Gasteiger partial charge on any atom is -0.493 e. The lowest BCUT2D eigenvalue weighted by atomic mass is 9.70. The smallest absolute Gasteiger partial charge is 0.251 e. The van der Waals surface area contributed by atoms with Gasteiger partial charge in [0.15, 0.2) is 11.5 Å². The number of carbonyl (C=O) groups excluding carboxylic acids is 2. The number of ether oxygens (including phenoxy) is 3. The van der Waals surface area contributed by atoms with Crippen molar-refractivity contribution in [2.24, 2.45) is 11.8 Å². The highest BCUT2D eigenvalue weighted by atomic mass is 16.5. The zero-order valence-electron chi connectivity index (χ0n) is 17.7. The largest absolute Gasteiger partial charge is 0.493 e. The molecule has 7 heteroatoms. The molecule has 1 heterocycles. The third kappa shape index (κ3) is 4.60. The molecule has 2 fully saturated rings. The van der Waals surface area contributed by atoms with E-state index in [0.29, 0.717) is 41.1 Å². The lowest BCUT2D eigenvalue weighted by molar-refractivity contribution is -0.127. The molecular weight excluding hydrogens is 372 g/mol. The molecule has 7 nitrogen and oxygen atoms in total. The number of rotatable bonds is 7. The maximum atomic E-state index is 12.9. The highest BCUT2D eigenvalue weighted by Crippen LogP contribution is 2.39. The summed E-state index contributed by atoms with van der Waals surface area (Å²) in [7, 11) is 4.58. The van der Waals surface area contributed by atoms with Crippen LogP contribution < -0.4 is 24.8 Å². The van der Waals surface area contributed by atoms with Crippen LogP contribution in [0.3, 0.4) is 0 Å². The fourth-order valence-electron chi connectivity index (χ4n) is 4.88. The number of nitrogens with one attached hydrogen (secondary N) is 2. The van der Waals surface area contributed by atoms with Crippen LogP contribution in [0.25, 0.3) is 0 Å². The molecule has 1 aliphatic heterocycles. The zero-order chi connectivity index (χ0) is 21.0. The van der Waals surface area contributed by atoms with Gasteiger partial charge < -0.3 is 24.8 Å². The molecule has 1 saturated heterocycles. The molecule has 4 atom stereocenters. The number of hydrogen-bond donors (Lipinski definition) is 2. The Morgan fingerprint density at radius 2 is 1.83 bits per heavy atom. The molecule has 29 heavy (non-hydrogen) atoms. The van der Waals surface area contributed by atoms with Gasteiger partial charge in [0.1, 0.15) is 0 Å². The van der Waals surface area contributed by atoms with Crippen LogP contribution >= 0.6 is 0 Å². The topological polar surface area (TPSA) is 85.9 Å². The third-order valence-corrected chi connectivity index (χ3v) is 6.22. The summed E-state index contributed by atoms with van der Waals surface area (Å²) in [5.74, 6) is 2.29. The molecule has 160 valence electrons. The van der Waals surface area contributed by atoms with Crippen molar-refractivity contribution in [3.8, 4) is 17.2 Å². The van der Waals surface area contributed by atoms with Gasteiger partial charge in [-0.2, -0.15) is 0 Å². The van der Waals surface area contributed by atoms with Crippen molar-refractivity contribution in [3.05, 3.63) is 17.7 Å². The predicted octanol–water partition coefficient (Wildman–Crippen LogP) is 2.92. The number of hydrogen-bond acceptors (Lipinski definition) is 5. The Morgan fingerprint density at radius 3 is 2.41 bits per heavy atom. The zero-order valence-corrected chi connectivity index (χ0v) is 17.7. The molecular formula is C22H32N2O5. The quantitative estimate of drug-likeness (QED) is 0.730. The molecule has 1 saturated carbocycles. The lowest BCUT2D eigenvalue weighted by Crippen LogP contribution is -2.55. The molecule has 0 radical (unpaired) electrons. The van der Waals surface area contributed by atoms with E-state index < -0.39 is 0 Å². The summed E-state index contributed by atoms with van der Waals surface area (Å²) in [5, 5.41) is 6.28. The Balaban J connectivity index is 1.70. The van der Waals surface area contributed by atoms with E-state index in [1.165, 1.54) is 21.3 Å². The maximum absolute atomic E-state index is 12.9. The molecule has 0 spiro atoms. The van der Waals surface area contributed by atoms with Gasteiger partial charge >= 0.3 is 0 Å². The van der Waals surface area contributed by atoms with Gasteiger partial charge in [-0.25, -0.2) is 0 Å². The number of piperidine rings is 1. The van der Waals surface area contributed by atoms with Crippen molar-refractivity contribution in [2.45, 2.75) is 57.5 Å². The fraction of sp³-hybridized carbons (Fsp3) is 0.636. The van der Waals surface area contributed by atoms with Gasteiger partial charge in [0.2, 0.25) is 11.7 Å². The second-order valence-electron chi connectivity index (χ2n) is 7.99. The fourth-order valence-corrected chi connectivity index (χ4v) is 4.88. The van der Waals surface area contributed by atoms with Gasteiger partial charge in [0.05, 0.1) is 21.3 Å². The second kappa shape index (κ2) is 9.37. The Morgan fingerprint density at radius 1 is 1.14 bits per heavy atom. The van der Waals surface area contributed by atoms with Crippen LogP contribution in [0.2, 0.25) is 0 Å². The van der Waals surface area contributed by atoms with Crippen molar-refractivity contribution in [1.82, 2.24) is 10.6 Å². The van der Waals surface area contributed by atoms with E-state index in [1.54, 1.807) is 12.1 Å². The van der Waals surface area contributed by atoms with Crippen LogP contribution in [0.1, 0.15) is 55.8 Å². The van der Waals surface area contributed by atoms with E-state index in [4.69, 9.17) is 14.2 Å². The Bertz CT molecular complexity index is 726. The molecule has 2 amide bonds. The highest BCUT2D eigenvalue weighted by molar-refractivity contribution is 5.95. The normalized spacial score (nSPS) is 26.1. The average molecular weight is 405 g/mol. The van der Waals surface area contributed by atoms with Crippen LogP contribution in [0.4, 0.5) is 0 Å². The Kier molecular flexibility index (Phi) is 6.87. The molecule has 1 aromatic carbocycles. The van der Waals surface area contributed by atoms with Crippen molar-refractivity contribution in [3.63, 3.8) is 0 Å². The summed E-state index contributed by atoms with van der Waals surface area (Å²) in [6.45, 7) is 2.17. The number of fused-ring (bicyclic) bond motifs is 1. The summed E-state index contributed by atoms with van der Waals surface area (Å²) in [6, 6.07) is 3.49. The lowest BCUT2D eigenvalue weighted by Gasteiger charge is -2.44. The van der Waals surface area contributed by atoms with Crippen molar-refractivity contribution >= 4 is 11.8 Å². The first-order valence-electron chi connectivity index (χ1n) is 10.4. The Labute approximate surface area is 172 Å². The molecule has 4 unspecified atom stereocenters. The van der Waals surface area contributed by atoms with Crippen molar-refractivity contribution < 1.29 is 23.8 Å². The SMILES string of the molecule is CCCC1CC(=O)NC2CC(NC(=O)c3cc(OC)c(OC)c(OC)c3)CCC12. The summed E-state index contributed by atoms with van der Waals surface area (Å²) in [6.07, 6.45) is 5.55. The standard InChI is InChI=1S/C22H32N2O5/c1-5-6-13-11-20(25)24-17-12-15(7-8-16(13)17)23-22(26)14-9-18(27-2)21(29-4)19(10-14)28-3/h9-10,13,15-17H,5-8,11-12H2,1-4H3,(H,23,26)(H,24,25). The first kappa shape index (κ1) is 21.3. The first-order valence-corrected chi connectivity index (χ1v) is 10.4. The first-order chi connectivity index (χ1) is 14.0. The van der Waals surface area contributed by atoms with E-state index in [9.17, 15) is 9.59 Å². The summed E-state index contributed by atoms with van der Waals surface area (Å²) in [5.41, 5.74) is 0.457. The van der Waals surface area contributed by atoms with E-state index in [1.807, 2.05) is 0 Å². The molecule has 0 bridgehead atoms. The molecule has 2 aliphatic rings. The van der Waals surface area contributed by atoms with E-state index >= 15 is 0 Å². The van der Waals surface area contributed by atoms with Crippen LogP contribution in [-0.2, 0) is 4.79 Å². The van der Waals surface area contributed by atoms with Gasteiger partial charge in [0.25, 0.3) is 5.91 Å². The molecule has 3 rings (SSSR count). The summed E-state index contributed by atoms with van der Waals surface area (Å²) < 4.78 is 16.0. The Hall–Kier alpha value is -2.44. The minimum atomic E-state index is -0.181. The van der Waals surface area contributed by atoms with E-state index in [-0.39, 0.29) is 23.9 Å². The van der Waals surface area contributed by atoms with Gasteiger partial charge in [-0.15, -0.1) is 0 Å². The van der Waals surface area contributed by atoms with Gasteiger partial charge in [0, 0.05) is 24.1 Å². The number of carbonyl (C=O) groups is 2. The highest BCUT2D eigenvalue weighted by Gasteiger charge is 2.40. The van der Waals surface area contributed by atoms with Crippen LogP contribution in [0.5, 0.6) is 17.2 Å². The van der Waals surface area contributed by atoms with Gasteiger partial charge in [-0.1, -0.05) is 13.3 Å². The molecule has 0 aromatic heterocycles. The van der Waals surface area contributed by atoms with Gasteiger partial charge in [-0.3, -0.25) is 9.59 Å². The maximum Gasteiger partial charge on any atom is 0.251 e. The van der Waals surface area contributed by atoms with Crippen molar-refractivity contribution in [2.75, 3.05) is 21.3 Å². The summed E-state index contributed by atoms with van der Waals surface area (Å²) >= 11 is 0. The molecule has 1 aliphatic carbocycles. The third-order valence-electron chi connectivity index (χ3n) is 6.22. The van der Waals surface area contributed by atoms with Crippen LogP contribution in [0, 0.1) is 11.8 Å². The van der Waals surface area contributed by atoms with Crippen LogP contribution in [0.15, 0.2) is 12.1 Å². The van der Waals surface area contributed by atoms with Gasteiger partial charge in [-0.05, 0) is 49.7 Å². The van der Waals surface area contributed by atoms with E-state index in [2.05, 4.69) is 17.6 Å². The minimum absolute atomic E-state index is 0.0310. The molecule has 2 N–H and O–H groups in total. The number of benzene rings is 1. The number of amides is 2. The summed E-state index contributed by atoms with van der Waals surface area (Å²) in [4.78, 5) is 25.0. The monoisotopic (exact) mass is 404 g/mol. The van der Waals surface area contributed by atoms with E-state index in [0.717, 1.165) is 32.1 Å². The second-order valence-corrected chi connectivity index (χ2v) is 7.99. The van der Waals surface area contributed by atoms with Crippen LogP contribution in [-0.4, -0.2) is 45.2 Å². The number of methoxy groups -OCH3 is 3.